The van der Waals surface area contributed by atoms with Gasteiger partial charge in [-0.2, -0.15) is 0 Å². The lowest BCUT2D eigenvalue weighted by molar-refractivity contribution is -0.0881. The summed E-state index contributed by atoms with van der Waals surface area (Å²) in [7, 11) is 0. The summed E-state index contributed by atoms with van der Waals surface area (Å²) in [5.74, 6) is 0.773. The molecule has 4 unspecified atom stereocenters. The predicted octanol–water partition coefficient (Wildman–Crippen LogP) is 1.55. The zero-order valence-corrected chi connectivity index (χ0v) is 8.05. The van der Waals surface area contributed by atoms with Gasteiger partial charge >= 0.3 is 0 Å². The normalized spacial score (nSPS) is 48.5. The summed E-state index contributed by atoms with van der Waals surface area (Å²) >= 11 is 0. The molecule has 70 valence electrons. The van der Waals surface area contributed by atoms with Gasteiger partial charge in [0.25, 0.3) is 0 Å². The van der Waals surface area contributed by atoms with Crippen molar-refractivity contribution in [1.82, 2.24) is 5.32 Å². The van der Waals surface area contributed by atoms with E-state index in [2.05, 4.69) is 19.2 Å². The molecule has 12 heavy (non-hydrogen) atoms. The summed E-state index contributed by atoms with van der Waals surface area (Å²) in [6.45, 7) is 5.62. The summed E-state index contributed by atoms with van der Waals surface area (Å²) in [6, 6.07) is 0.734. The molecule has 2 aliphatic rings. The van der Waals surface area contributed by atoms with Gasteiger partial charge in [0.15, 0.2) is 0 Å². The first-order chi connectivity index (χ1) is 5.77. The molecule has 2 rings (SSSR count). The fourth-order valence-electron chi connectivity index (χ4n) is 2.68. The van der Waals surface area contributed by atoms with Crippen LogP contribution in [0.5, 0.6) is 0 Å². The van der Waals surface area contributed by atoms with Crippen molar-refractivity contribution in [3.63, 3.8) is 0 Å². The Bertz CT molecular complexity index is 160. The van der Waals surface area contributed by atoms with Crippen LogP contribution in [0.1, 0.15) is 33.1 Å². The van der Waals surface area contributed by atoms with Crippen molar-refractivity contribution in [3.8, 4) is 0 Å². The van der Waals surface area contributed by atoms with E-state index in [0.29, 0.717) is 12.2 Å². The topological polar surface area (TPSA) is 21.3 Å². The highest BCUT2D eigenvalue weighted by atomic mass is 16.5. The SMILES string of the molecule is CC1CC2NCCCC2C(C)O1. The number of rotatable bonds is 0. The van der Waals surface area contributed by atoms with Crippen molar-refractivity contribution < 1.29 is 4.74 Å². The first kappa shape index (κ1) is 8.52. The summed E-state index contributed by atoms with van der Waals surface area (Å²) in [4.78, 5) is 0. The van der Waals surface area contributed by atoms with E-state index in [9.17, 15) is 0 Å². The third kappa shape index (κ3) is 1.50. The highest BCUT2D eigenvalue weighted by molar-refractivity contribution is 4.89. The van der Waals surface area contributed by atoms with E-state index in [1.165, 1.54) is 25.8 Å². The van der Waals surface area contributed by atoms with Crippen molar-refractivity contribution in [3.05, 3.63) is 0 Å². The molecule has 2 fully saturated rings. The maximum absolute atomic E-state index is 5.82. The number of hydrogen-bond donors (Lipinski definition) is 1. The van der Waals surface area contributed by atoms with Crippen LogP contribution in [0.2, 0.25) is 0 Å². The van der Waals surface area contributed by atoms with Crippen LogP contribution < -0.4 is 5.32 Å². The van der Waals surface area contributed by atoms with Crippen LogP contribution in [-0.2, 0) is 4.74 Å². The second-order valence-corrected chi connectivity index (χ2v) is 4.25. The Morgan fingerprint density at radius 1 is 1.33 bits per heavy atom. The minimum Gasteiger partial charge on any atom is -0.375 e. The molecule has 0 radical (unpaired) electrons. The lowest BCUT2D eigenvalue weighted by atomic mass is 9.82. The van der Waals surface area contributed by atoms with Gasteiger partial charge in [0.2, 0.25) is 0 Å². The van der Waals surface area contributed by atoms with Crippen LogP contribution in [0.25, 0.3) is 0 Å². The molecule has 4 atom stereocenters. The van der Waals surface area contributed by atoms with E-state index in [0.717, 1.165) is 12.0 Å². The molecule has 0 aromatic rings. The average Bonchev–Trinajstić information content (AvgIpc) is 2.04. The summed E-state index contributed by atoms with van der Waals surface area (Å²) < 4.78 is 5.82. The Balaban J connectivity index is 2.01. The molecule has 0 bridgehead atoms. The first-order valence-corrected chi connectivity index (χ1v) is 5.16. The number of piperidine rings is 1. The van der Waals surface area contributed by atoms with E-state index in [4.69, 9.17) is 4.74 Å². The van der Waals surface area contributed by atoms with Gasteiger partial charge in [0, 0.05) is 12.0 Å². The van der Waals surface area contributed by atoms with Gasteiger partial charge in [-0.15, -0.1) is 0 Å². The zero-order chi connectivity index (χ0) is 8.55. The Morgan fingerprint density at radius 3 is 3.00 bits per heavy atom. The third-order valence-corrected chi connectivity index (χ3v) is 3.27. The van der Waals surface area contributed by atoms with Crippen LogP contribution in [0, 0.1) is 5.92 Å². The lowest BCUT2D eigenvalue weighted by Gasteiger charge is -2.43. The van der Waals surface area contributed by atoms with Crippen LogP contribution in [-0.4, -0.2) is 24.8 Å². The smallest absolute Gasteiger partial charge is 0.0593 e. The molecule has 2 saturated heterocycles. The quantitative estimate of drug-likeness (QED) is 0.594. The summed E-state index contributed by atoms with van der Waals surface area (Å²) in [5.41, 5.74) is 0. The van der Waals surface area contributed by atoms with Gasteiger partial charge in [0.05, 0.1) is 12.2 Å². The maximum Gasteiger partial charge on any atom is 0.0593 e. The van der Waals surface area contributed by atoms with Gasteiger partial charge in [0.1, 0.15) is 0 Å². The Morgan fingerprint density at radius 2 is 2.17 bits per heavy atom. The molecular weight excluding hydrogens is 150 g/mol. The maximum atomic E-state index is 5.82. The molecule has 1 N–H and O–H groups in total. The standard InChI is InChI=1S/C10H19NO/c1-7-6-10-9(8(2)12-7)4-3-5-11-10/h7-11H,3-6H2,1-2H3. The molecule has 0 aliphatic carbocycles. The van der Waals surface area contributed by atoms with E-state index in [1.54, 1.807) is 0 Å². The fourth-order valence-corrected chi connectivity index (χ4v) is 2.68. The van der Waals surface area contributed by atoms with E-state index >= 15 is 0 Å². The molecular formula is C10H19NO. The molecule has 0 spiro atoms. The van der Waals surface area contributed by atoms with E-state index < -0.39 is 0 Å². The van der Waals surface area contributed by atoms with E-state index in [1.807, 2.05) is 0 Å². The monoisotopic (exact) mass is 169 g/mol. The van der Waals surface area contributed by atoms with Crippen LogP contribution in [0.3, 0.4) is 0 Å². The minimum absolute atomic E-state index is 0.451. The van der Waals surface area contributed by atoms with Crippen LogP contribution in [0.15, 0.2) is 0 Å². The molecule has 0 amide bonds. The third-order valence-electron chi connectivity index (χ3n) is 3.27. The fraction of sp³-hybridized carbons (Fsp3) is 1.00. The van der Waals surface area contributed by atoms with Gasteiger partial charge in [-0.25, -0.2) is 0 Å². The molecule has 2 aliphatic heterocycles. The Labute approximate surface area is 74.7 Å². The number of ether oxygens (including phenoxy) is 1. The van der Waals surface area contributed by atoms with Crippen molar-refractivity contribution in [2.45, 2.75) is 51.4 Å². The summed E-state index contributed by atoms with van der Waals surface area (Å²) in [6.07, 6.45) is 4.79. The molecule has 2 nitrogen and oxygen atoms in total. The molecule has 2 heteroatoms. The largest absolute Gasteiger partial charge is 0.375 e. The van der Waals surface area contributed by atoms with Crippen LogP contribution in [0.4, 0.5) is 0 Å². The average molecular weight is 169 g/mol. The number of fused-ring (bicyclic) bond motifs is 1. The van der Waals surface area contributed by atoms with Gasteiger partial charge in [-0.1, -0.05) is 0 Å². The molecule has 0 saturated carbocycles. The van der Waals surface area contributed by atoms with Crippen molar-refractivity contribution in [2.24, 2.45) is 5.92 Å². The molecule has 0 aromatic heterocycles. The number of hydrogen-bond acceptors (Lipinski definition) is 2. The van der Waals surface area contributed by atoms with Crippen molar-refractivity contribution in [2.75, 3.05) is 6.54 Å². The highest BCUT2D eigenvalue weighted by Gasteiger charge is 2.35. The second-order valence-electron chi connectivity index (χ2n) is 4.25. The van der Waals surface area contributed by atoms with Crippen molar-refractivity contribution >= 4 is 0 Å². The summed E-state index contributed by atoms with van der Waals surface area (Å²) in [5, 5.41) is 3.60. The van der Waals surface area contributed by atoms with Crippen LogP contribution >= 0.6 is 0 Å². The lowest BCUT2D eigenvalue weighted by Crippen LogP contribution is -2.52. The van der Waals surface area contributed by atoms with Gasteiger partial charge in [-0.3, -0.25) is 0 Å². The highest BCUT2D eigenvalue weighted by Crippen LogP contribution is 2.30. The Hall–Kier alpha value is -0.0800. The number of nitrogens with one attached hydrogen (secondary N) is 1. The predicted molar refractivity (Wildman–Crippen MR) is 49.1 cm³/mol. The minimum atomic E-state index is 0.451. The van der Waals surface area contributed by atoms with E-state index in [-0.39, 0.29) is 0 Å². The van der Waals surface area contributed by atoms with Gasteiger partial charge in [-0.05, 0) is 39.7 Å². The Kier molecular flexibility index (Phi) is 2.37. The van der Waals surface area contributed by atoms with Gasteiger partial charge < -0.3 is 10.1 Å². The second kappa shape index (κ2) is 3.35. The van der Waals surface area contributed by atoms with Crippen molar-refractivity contribution in [1.29, 1.82) is 0 Å². The molecule has 0 aromatic carbocycles. The zero-order valence-electron chi connectivity index (χ0n) is 8.05. The molecule has 2 heterocycles. The first-order valence-electron chi connectivity index (χ1n) is 5.16.